The zero-order chi connectivity index (χ0) is 16.9. The average Bonchev–Trinajstić information content (AvgIpc) is 2.93. The first-order chi connectivity index (χ1) is 11.4. The molecule has 3 aromatic carbocycles. The second kappa shape index (κ2) is 5.61. The molecule has 0 amide bonds. The Morgan fingerprint density at radius 2 is 1.62 bits per heavy atom. The maximum absolute atomic E-state index is 7.00. The highest BCUT2D eigenvalue weighted by molar-refractivity contribution is 7.20. The number of allylic oxidation sites excluding steroid dienone is 1. The Morgan fingerprint density at radius 3 is 2.42 bits per heavy atom. The molecule has 0 spiro atoms. The van der Waals surface area contributed by atoms with E-state index in [1.54, 1.807) is 0 Å². The van der Waals surface area contributed by atoms with Crippen molar-refractivity contribution in [3.05, 3.63) is 82.9 Å². The summed E-state index contributed by atoms with van der Waals surface area (Å²) in [6.07, 6.45) is 2.36. The predicted molar refractivity (Wildman–Crippen MR) is 109 cm³/mol. The summed E-state index contributed by atoms with van der Waals surface area (Å²) in [4.78, 5) is 0. The van der Waals surface area contributed by atoms with Gasteiger partial charge in [-0.1, -0.05) is 79.8 Å². The lowest BCUT2D eigenvalue weighted by Crippen LogP contribution is -2.28. The number of halogens is 1. The van der Waals surface area contributed by atoms with E-state index in [1.165, 1.54) is 38.6 Å². The van der Waals surface area contributed by atoms with Gasteiger partial charge in [0.25, 0.3) is 0 Å². The fourth-order valence-corrected chi connectivity index (χ4v) is 6.68. The van der Waals surface area contributed by atoms with Crippen LogP contribution in [0, 0.1) is 6.92 Å². The van der Waals surface area contributed by atoms with Gasteiger partial charge in [-0.3, -0.25) is 0 Å². The Hall–Kier alpha value is -1.83. The molecule has 24 heavy (non-hydrogen) atoms. The maximum Gasteiger partial charge on any atom is 0.162 e. The number of hydrogen-bond acceptors (Lipinski definition) is 0. The molecule has 0 N–H and O–H groups in total. The zero-order valence-corrected chi connectivity index (χ0v) is 16.1. The highest BCUT2D eigenvalue weighted by Crippen LogP contribution is 2.49. The fourth-order valence-electron chi connectivity index (χ4n) is 4.00. The van der Waals surface area contributed by atoms with E-state index < -0.39 is 7.38 Å². The van der Waals surface area contributed by atoms with Gasteiger partial charge in [-0.15, -0.1) is 0 Å². The molecule has 1 unspecified atom stereocenters. The summed E-state index contributed by atoms with van der Waals surface area (Å²) < 4.78 is 0. The van der Waals surface area contributed by atoms with Crippen molar-refractivity contribution in [2.24, 2.45) is 0 Å². The molecule has 0 radical (unpaired) electrons. The Morgan fingerprint density at radius 1 is 0.917 bits per heavy atom. The molecule has 0 saturated heterocycles. The van der Waals surface area contributed by atoms with Gasteiger partial charge in [-0.05, 0) is 45.5 Å². The van der Waals surface area contributed by atoms with Gasteiger partial charge in [0.05, 0.1) is 0 Å². The highest BCUT2D eigenvalue weighted by Gasteiger charge is 2.39. The van der Waals surface area contributed by atoms with Gasteiger partial charge >= 0.3 is 0 Å². The summed E-state index contributed by atoms with van der Waals surface area (Å²) in [5.74, 6) is 0. The van der Waals surface area contributed by atoms with Crippen LogP contribution in [0.4, 0.5) is 0 Å². The highest BCUT2D eigenvalue weighted by atomic mass is 35.6. The van der Waals surface area contributed by atoms with Gasteiger partial charge in [0, 0.05) is 5.54 Å². The first-order valence-corrected chi connectivity index (χ1v) is 12.5. The minimum absolute atomic E-state index is 0.334. The average molecular weight is 349 g/mol. The van der Waals surface area contributed by atoms with Gasteiger partial charge in [0.15, 0.2) is 7.38 Å². The minimum Gasteiger partial charge on any atom is -0.167 e. The molecule has 3 aromatic rings. The SMILES string of the molecule is Cc1cc(C2=Cc3ccccc3C2[Si](C)(C)Cl)c2ccccc2c1. The monoisotopic (exact) mass is 348 g/mol. The van der Waals surface area contributed by atoms with Crippen molar-refractivity contribution < 1.29 is 0 Å². The van der Waals surface area contributed by atoms with Crippen LogP contribution >= 0.6 is 11.1 Å². The molecular formula is C22H21ClSi. The summed E-state index contributed by atoms with van der Waals surface area (Å²) in [5.41, 5.74) is 7.08. The molecule has 1 atom stereocenters. The van der Waals surface area contributed by atoms with Crippen molar-refractivity contribution in [3.63, 3.8) is 0 Å². The van der Waals surface area contributed by atoms with E-state index in [-0.39, 0.29) is 0 Å². The van der Waals surface area contributed by atoms with Crippen LogP contribution in [0.5, 0.6) is 0 Å². The lowest BCUT2D eigenvalue weighted by atomic mass is 9.94. The number of rotatable bonds is 2. The summed E-state index contributed by atoms with van der Waals surface area (Å²) >= 11 is 7.00. The molecule has 0 aromatic heterocycles. The molecule has 0 fully saturated rings. The molecular weight excluding hydrogens is 328 g/mol. The normalized spacial score (nSPS) is 17.0. The number of hydrogen-bond donors (Lipinski definition) is 0. The minimum atomic E-state index is -1.92. The quantitative estimate of drug-likeness (QED) is 0.354. The molecule has 0 nitrogen and oxygen atoms in total. The van der Waals surface area contributed by atoms with E-state index in [0.717, 1.165) is 0 Å². The number of fused-ring (bicyclic) bond motifs is 2. The Bertz CT molecular complexity index is 963. The van der Waals surface area contributed by atoms with Crippen molar-refractivity contribution in [1.82, 2.24) is 0 Å². The van der Waals surface area contributed by atoms with Crippen LogP contribution in [0.15, 0.2) is 60.7 Å². The van der Waals surface area contributed by atoms with Crippen LogP contribution in [-0.2, 0) is 0 Å². The smallest absolute Gasteiger partial charge is 0.162 e. The predicted octanol–water partition coefficient (Wildman–Crippen LogP) is 6.77. The van der Waals surface area contributed by atoms with Crippen LogP contribution in [0.25, 0.3) is 22.4 Å². The summed E-state index contributed by atoms with van der Waals surface area (Å²) in [7, 11) is -1.92. The molecule has 4 rings (SSSR count). The molecule has 1 aliphatic rings. The first-order valence-electron chi connectivity index (χ1n) is 8.44. The standard InChI is InChI=1S/C22H21ClSi/c1-15-12-16-8-4-6-10-18(16)20(13-15)21-14-17-9-5-7-11-19(17)22(21)24(2,3)23/h4-14,22H,1-3H3. The van der Waals surface area contributed by atoms with E-state index in [9.17, 15) is 0 Å². The first kappa shape index (κ1) is 15.7. The van der Waals surface area contributed by atoms with Crippen molar-refractivity contribution in [2.75, 3.05) is 0 Å². The van der Waals surface area contributed by atoms with Crippen molar-refractivity contribution >= 4 is 40.9 Å². The van der Waals surface area contributed by atoms with E-state index in [4.69, 9.17) is 11.1 Å². The second-order valence-electron chi connectivity index (χ2n) is 7.26. The maximum atomic E-state index is 7.00. The second-order valence-corrected chi connectivity index (χ2v) is 13.9. The van der Waals surface area contributed by atoms with E-state index in [1.807, 2.05) is 0 Å². The Labute approximate surface area is 149 Å². The van der Waals surface area contributed by atoms with Gasteiger partial charge in [-0.2, -0.15) is 11.1 Å². The van der Waals surface area contributed by atoms with Crippen LogP contribution in [0.3, 0.4) is 0 Å². The van der Waals surface area contributed by atoms with Crippen molar-refractivity contribution in [3.8, 4) is 0 Å². The fraction of sp³-hybridized carbons (Fsp3) is 0.182. The summed E-state index contributed by atoms with van der Waals surface area (Å²) in [6, 6.07) is 22.0. The topological polar surface area (TPSA) is 0 Å². The third-order valence-corrected chi connectivity index (χ3v) is 7.58. The zero-order valence-electron chi connectivity index (χ0n) is 14.3. The lowest BCUT2D eigenvalue weighted by Gasteiger charge is -2.27. The van der Waals surface area contributed by atoms with Crippen LogP contribution in [0.1, 0.15) is 27.8 Å². The summed E-state index contributed by atoms with van der Waals surface area (Å²) in [6.45, 7) is 6.69. The number of benzene rings is 3. The van der Waals surface area contributed by atoms with Gasteiger partial charge in [0.2, 0.25) is 0 Å². The van der Waals surface area contributed by atoms with Crippen LogP contribution < -0.4 is 0 Å². The van der Waals surface area contributed by atoms with Crippen LogP contribution in [0.2, 0.25) is 13.1 Å². The lowest BCUT2D eigenvalue weighted by molar-refractivity contribution is 1.20. The molecule has 0 saturated carbocycles. The molecule has 120 valence electrons. The molecule has 0 bridgehead atoms. The van der Waals surface area contributed by atoms with E-state index in [0.29, 0.717) is 5.54 Å². The van der Waals surface area contributed by atoms with Gasteiger partial charge in [0.1, 0.15) is 0 Å². The van der Waals surface area contributed by atoms with Crippen molar-refractivity contribution in [2.45, 2.75) is 25.6 Å². The summed E-state index contributed by atoms with van der Waals surface area (Å²) in [5, 5.41) is 2.62. The van der Waals surface area contributed by atoms with Gasteiger partial charge < -0.3 is 0 Å². The third kappa shape index (κ3) is 2.53. The molecule has 2 heteroatoms. The van der Waals surface area contributed by atoms with Crippen LogP contribution in [-0.4, -0.2) is 7.38 Å². The molecule has 0 heterocycles. The van der Waals surface area contributed by atoms with E-state index in [2.05, 4.69) is 86.8 Å². The molecule has 0 aliphatic heterocycles. The molecule has 1 aliphatic carbocycles. The Kier molecular flexibility index (Phi) is 3.67. The van der Waals surface area contributed by atoms with E-state index >= 15 is 0 Å². The largest absolute Gasteiger partial charge is 0.167 e. The third-order valence-electron chi connectivity index (χ3n) is 4.93. The Balaban J connectivity index is 2.00. The van der Waals surface area contributed by atoms with Crippen molar-refractivity contribution in [1.29, 1.82) is 0 Å². The van der Waals surface area contributed by atoms with Gasteiger partial charge in [-0.25, -0.2) is 0 Å². The number of aryl methyl sites for hydroxylation is 1.